The summed E-state index contributed by atoms with van der Waals surface area (Å²) in [5, 5.41) is 2.41. The van der Waals surface area contributed by atoms with E-state index >= 15 is 0 Å². The van der Waals surface area contributed by atoms with Gasteiger partial charge in [0.05, 0.1) is 28.6 Å². The van der Waals surface area contributed by atoms with Gasteiger partial charge >= 0.3 is 12.0 Å². The van der Waals surface area contributed by atoms with E-state index < -0.39 is 22.0 Å². The molecule has 2 N–H and O–H groups in total. The zero-order valence-corrected chi connectivity index (χ0v) is 23.3. The Labute approximate surface area is 233 Å². The molecule has 0 saturated carbocycles. The highest BCUT2D eigenvalue weighted by atomic mass is 32.2. The Bertz CT molecular complexity index is 1640. The highest BCUT2D eigenvalue weighted by Gasteiger charge is 2.22. The third-order valence-corrected chi connectivity index (χ3v) is 7.81. The summed E-state index contributed by atoms with van der Waals surface area (Å²) in [6, 6.07) is 18.6. The maximum absolute atomic E-state index is 13.0. The Morgan fingerprint density at radius 1 is 1.05 bits per heavy atom. The van der Waals surface area contributed by atoms with E-state index in [1.807, 2.05) is 35.1 Å². The first-order valence-electron chi connectivity index (χ1n) is 12.9. The largest absolute Gasteiger partial charge is 0.465 e. The molecule has 4 rings (SSSR count). The van der Waals surface area contributed by atoms with Gasteiger partial charge < -0.3 is 14.6 Å². The zero-order chi connectivity index (χ0) is 28.7. The van der Waals surface area contributed by atoms with Gasteiger partial charge in [0.25, 0.3) is 10.0 Å². The van der Waals surface area contributed by atoms with Crippen LogP contribution < -0.4 is 10.0 Å². The number of hydrogen-bond acceptors (Lipinski definition) is 6. The number of rotatable bonds is 11. The molecule has 2 amide bonds. The molecule has 0 saturated heterocycles. The average Bonchev–Trinajstić information content (AvgIpc) is 3.31. The highest BCUT2D eigenvalue weighted by molar-refractivity contribution is 7.90. The normalized spacial score (nSPS) is 11.2. The lowest BCUT2D eigenvalue weighted by Gasteiger charge is -2.14. The molecule has 0 aliphatic carbocycles. The Kier molecular flexibility index (Phi) is 9.00. The van der Waals surface area contributed by atoms with Gasteiger partial charge in [0.1, 0.15) is 5.82 Å². The topological polar surface area (TPSA) is 119 Å². The Balaban J connectivity index is 1.68. The summed E-state index contributed by atoms with van der Waals surface area (Å²) < 4.78 is 35.1. The second kappa shape index (κ2) is 12.6. The standard InChI is InChI=1S/C30H32N4O5S/c1-4-6-14-27-32-25-12-9-11-24(29(35)39-3)28(25)34(27)20-21-15-17-22(18-16-21)23-10-7-8-13-26(23)40(37,38)33-30(36)31-19-5-2/h5,7-13,15-18H,2,4,6,14,19-20H2,1,3H3,(H2,31,33,36). The van der Waals surface area contributed by atoms with E-state index in [0.29, 0.717) is 23.2 Å². The van der Waals surface area contributed by atoms with Crippen molar-refractivity contribution >= 4 is 33.1 Å². The van der Waals surface area contributed by atoms with Crippen molar-refractivity contribution in [3.05, 3.63) is 96.3 Å². The number of hydrogen-bond donors (Lipinski definition) is 2. The third-order valence-electron chi connectivity index (χ3n) is 6.42. The van der Waals surface area contributed by atoms with Crippen LogP contribution in [0.3, 0.4) is 0 Å². The summed E-state index contributed by atoms with van der Waals surface area (Å²) in [4.78, 5) is 29.4. The second-order valence-corrected chi connectivity index (χ2v) is 10.8. The molecule has 4 aromatic rings. The quantitative estimate of drug-likeness (QED) is 0.196. The van der Waals surface area contributed by atoms with Crippen molar-refractivity contribution < 1.29 is 22.7 Å². The summed E-state index contributed by atoms with van der Waals surface area (Å²) in [5.41, 5.74) is 3.99. The fraction of sp³-hybridized carbons (Fsp3) is 0.233. The minimum atomic E-state index is -4.13. The molecule has 208 valence electrons. The number of sulfonamides is 1. The molecule has 3 aromatic carbocycles. The summed E-state index contributed by atoms with van der Waals surface area (Å²) in [6.45, 7) is 6.22. The van der Waals surface area contributed by atoms with Crippen molar-refractivity contribution in [1.82, 2.24) is 19.6 Å². The number of fused-ring (bicyclic) bond motifs is 1. The van der Waals surface area contributed by atoms with E-state index in [1.165, 1.54) is 19.3 Å². The van der Waals surface area contributed by atoms with Gasteiger partial charge in [-0.2, -0.15) is 0 Å². The molecule has 0 radical (unpaired) electrons. The summed E-state index contributed by atoms with van der Waals surface area (Å²) in [7, 11) is -2.77. The number of amides is 2. The van der Waals surface area contributed by atoms with Crippen LogP contribution in [0.4, 0.5) is 4.79 Å². The molecule has 0 fully saturated rings. The van der Waals surface area contributed by atoms with E-state index in [9.17, 15) is 18.0 Å². The monoisotopic (exact) mass is 560 g/mol. The summed E-state index contributed by atoms with van der Waals surface area (Å²) >= 11 is 0. The van der Waals surface area contributed by atoms with Gasteiger partial charge in [-0.15, -0.1) is 6.58 Å². The summed E-state index contributed by atoms with van der Waals surface area (Å²) in [6.07, 6.45) is 4.19. The van der Waals surface area contributed by atoms with Crippen molar-refractivity contribution in [2.45, 2.75) is 37.6 Å². The van der Waals surface area contributed by atoms with Gasteiger partial charge in [-0.1, -0.05) is 68.0 Å². The molecule has 0 unspecified atom stereocenters. The maximum Gasteiger partial charge on any atom is 0.340 e. The lowest BCUT2D eigenvalue weighted by molar-refractivity contribution is 0.0602. The van der Waals surface area contributed by atoms with Crippen molar-refractivity contribution in [1.29, 1.82) is 0 Å². The molecule has 1 heterocycles. The zero-order valence-electron chi connectivity index (χ0n) is 22.5. The average molecular weight is 561 g/mol. The number of aromatic nitrogens is 2. The third kappa shape index (κ3) is 6.23. The minimum Gasteiger partial charge on any atom is -0.465 e. The number of carbonyl (C=O) groups excluding carboxylic acids is 2. The molecule has 0 spiro atoms. The molecule has 0 aliphatic rings. The van der Waals surface area contributed by atoms with Gasteiger partial charge in [0, 0.05) is 25.1 Å². The summed E-state index contributed by atoms with van der Waals surface area (Å²) in [5.74, 6) is 0.461. The molecule has 40 heavy (non-hydrogen) atoms. The second-order valence-electron chi connectivity index (χ2n) is 9.18. The fourth-order valence-corrected chi connectivity index (χ4v) is 5.65. The van der Waals surface area contributed by atoms with E-state index in [4.69, 9.17) is 9.72 Å². The van der Waals surface area contributed by atoms with Crippen LogP contribution in [-0.4, -0.2) is 43.6 Å². The molecular weight excluding hydrogens is 528 g/mol. The lowest BCUT2D eigenvalue weighted by atomic mass is 10.0. The number of nitrogens with zero attached hydrogens (tertiary/aromatic N) is 2. The van der Waals surface area contributed by atoms with Crippen molar-refractivity contribution in [3.63, 3.8) is 0 Å². The number of unbranched alkanes of at least 4 members (excludes halogenated alkanes) is 1. The van der Waals surface area contributed by atoms with Gasteiger partial charge in [-0.05, 0) is 35.7 Å². The predicted molar refractivity (Wildman–Crippen MR) is 155 cm³/mol. The first-order chi connectivity index (χ1) is 19.3. The van der Waals surface area contributed by atoms with Crippen LogP contribution in [0.1, 0.15) is 41.5 Å². The maximum atomic E-state index is 13.0. The van der Waals surface area contributed by atoms with Crippen LogP contribution in [0, 0.1) is 0 Å². The number of nitrogens with one attached hydrogen (secondary N) is 2. The molecule has 10 heteroatoms. The van der Waals surface area contributed by atoms with Gasteiger partial charge in [0.15, 0.2) is 0 Å². The van der Waals surface area contributed by atoms with Crippen LogP contribution in [0.15, 0.2) is 84.3 Å². The molecular formula is C30H32N4O5S. The van der Waals surface area contributed by atoms with E-state index in [2.05, 4.69) is 23.4 Å². The number of para-hydroxylation sites is 1. The van der Waals surface area contributed by atoms with Crippen LogP contribution in [0.2, 0.25) is 0 Å². The van der Waals surface area contributed by atoms with Crippen molar-refractivity contribution in [2.75, 3.05) is 13.7 Å². The number of aryl methyl sites for hydroxylation is 1. The number of esters is 1. The minimum absolute atomic E-state index is 0.0123. The Morgan fingerprint density at radius 2 is 1.80 bits per heavy atom. The SMILES string of the molecule is C=CCNC(=O)NS(=O)(=O)c1ccccc1-c1ccc(Cn2c(CCCC)nc3cccc(C(=O)OC)c32)cc1. The number of urea groups is 1. The van der Waals surface area contributed by atoms with Crippen LogP contribution in [-0.2, 0) is 27.7 Å². The van der Waals surface area contributed by atoms with E-state index in [-0.39, 0.29) is 11.4 Å². The number of benzene rings is 3. The number of methoxy groups -OCH3 is 1. The van der Waals surface area contributed by atoms with Crippen molar-refractivity contribution in [2.24, 2.45) is 0 Å². The number of carbonyl (C=O) groups is 2. The van der Waals surface area contributed by atoms with Gasteiger partial charge in [0.2, 0.25) is 0 Å². The van der Waals surface area contributed by atoms with Crippen LogP contribution in [0.25, 0.3) is 22.2 Å². The van der Waals surface area contributed by atoms with E-state index in [1.54, 1.807) is 30.3 Å². The predicted octanol–water partition coefficient (Wildman–Crippen LogP) is 5.05. The molecule has 9 nitrogen and oxygen atoms in total. The Hall–Kier alpha value is -4.44. The Morgan fingerprint density at radius 3 is 2.50 bits per heavy atom. The highest BCUT2D eigenvalue weighted by Crippen LogP contribution is 2.29. The smallest absolute Gasteiger partial charge is 0.340 e. The molecule has 0 atom stereocenters. The fourth-order valence-electron chi connectivity index (χ4n) is 4.49. The molecule has 1 aromatic heterocycles. The van der Waals surface area contributed by atoms with Crippen LogP contribution >= 0.6 is 0 Å². The lowest BCUT2D eigenvalue weighted by Crippen LogP contribution is -2.39. The molecule has 0 aliphatic heterocycles. The van der Waals surface area contributed by atoms with Gasteiger partial charge in [-0.3, -0.25) is 0 Å². The van der Waals surface area contributed by atoms with Gasteiger partial charge in [-0.25, -0.2) is 27.7 Å². The van der Waals surface area contributed by atoms with E-state index in [0.717, 1.165) is 41.7 Å². The van der Waals surface area contributed by atoms with Crippen molar-refractivity contribution in [3.8, 4) is 11.1 Å². The molecule has 0 bridgehead atoms. The first kappa shape index (κ1) is 28.6. The first-order valence-corrected chi connectivity index (χ1v) is 14.4. The van der Waals surface area contributed by atoms with Crippen LogP contribution in [0.5, 0.6) is 0 Å². The number of imidazole rings is 1. The number of ether oxygens (including phenoxy) is 1.